The van der Waals surface area contributed by atoms with Crippen LogP contribution in [0.15, 0.2) is 46.3 Å². The van der Waals surface area contributed by atoms with Crippen LogP contribution in [-0.4, -0.2) is 28.2 Å². The topological polar surface area (TPSA) is 51.4 Å². The van der Waals surface area contributed by atoms with Crippen LogP contribution in [-0.2, 0) is 13.1 Å². The van der Waals surface area contributed by atoms with Crippen LogP contribution in [0.5, 0.6) is 5.75 Å². The van der Waals surface area contributed by atoms with Gasteiger partial charge in [0, 0.05) is 23.0 Å². The Labute approximate surface area is 144 Å². The first-order valence-corrected chi connectivity index (χ1v) is 8.93. The second-order valence-corrected chi connectivity index (χ2v) is 6.99. The van der Waals surface area contributed by atoms with Crippen LogP contribution in [0, 0.1) is 0 Å². The number of hydrogen-bond acceptors (Lipinski definition) is 6. The molecule has 0 atom stereocenters. The van der Waals surface area contributed by atoms with E-state index in [1.165, 1.54) is 17.7 Å². The minimum absolute atomic E-state index is 0.607. The number of rotatable bonds is 7. The van der Waals surface area contributed by atoms with E-state index in [4.69, 9.17) is 9.26 Å². The number of aromatic nitrogens is 2. The molecule has 0 saturated heterocycles. The van der Waals surface area contributed by atoms with Gasteiger partial charge in [-0.15, -0.1) is 11.3 Å². The summed E-state index contributed by atoms with van der Waals surface area (Å²) in [7, 11) is 1.65. The monoisotopic (exact) mass is 341 g/mol. The largest absolute Gasteiger partial charge is 0.497 e. The van der Waals surface area contributed by atoms with Gasteiger partial charge in [0.15, 0.2) is 0 Å². The Morgan fingerprint density at radius 3 is 2.92 bits per heavy atom. The van der Waals surface area contributed by atoms with Crippen molar-refractivity contribution in [2.45, 2.75) is 32.0 Å². The normalized spacial score (nSPS) is 14.2. The number of methoxy groups -OCH3 is 1. The summed E-state index contributed by atoms with van der Waals surface area (Å²) in [5, 5.41) is 6.25. The lowest BCUT2D eigenvalue weighted by Gasteiger charge is -2.18. The average molecular weight is 341 g/mol. The summed E-state index contributed by atoms with van der Waals surface area (Å²) in [6, 6.07) is 12.6. The molecule has 124 valence electrons. The van der Waals surface area contributed by atoms with Crippen LogP contribution in [0.4, 0.5) is 0 Å². The van der Waals surface area contributed by atoms with Gasteiger partial charge in [-0.3, -0.25) is 4.90 Å². The standard InChI is InChI=1S/C18H19N3O2S/c1-22-15-5-2-4-13(10-15)18-19-17(23-20-18)12-21(14-7-8-14)11-16-6-3-9-24-16/h2-6,9-10,14H,7-8,11-12H2,1H3. The average Bonchev–Trinajstić information content (AvgIpc) is 3.14. The summed E-state index contributed by atoms with van der Waals surface area (Å²) in [4.78, 5) is 8.36. The molecule has 1 aromatic carbocycles. The van der Waals surface area contributed by atoms with Crippen molar-refractivity contribution < 1.29 is 9.26 Å². The third kappa shape index (κ3) is 3.49. The zero-order valence-electron chi connectivity index (χ0n) is 13.5. The van der Waals surface area contributed by atoms with Crippen molar-refractivity contribution in [2.75, 3.05) is 7.11 Å². The minimum atomic E-state index is 0.607. The Bertz CT molecular complexity index is 796. The molecule has 0 amide bonds. The van der Waals surface area contributed by atoms with E-state index in [0.29, 0.717) is 24.3 Å². The highest BCUT2D eigenvalue weighted by molar-refractivity contribution is 7.09. The predicted molar refractivity (Wildman–Crippen MR) is 92.9 cm³/mol. The smallest absolute Gasteiger partial charge is 0.241 e. The van der Waals surface area contributed by atoms with Crippen molar-refractivity contribution in [3.8, 4) is 17.1 Å². The van der Waals surface area contributed by atoms with Crippen LogP contribution in [0.2, 0.25) is 0 Å². The molecule has 1 saturated carbocycles. The molecule has 0 radical (unpaired) electrons. The van der Waals surface area contributed by atoms with Gasteiger partial charge in [0.05, 0.1) is 13.7 Å². The zero-order chi connectivity index (χ0) is 16.4. The number of nitrogens with zero attached hydrogens (tertiary/aromatic N) is 3. The highest BCUT2D eigenvalue weighted by Gasteiger charge is 2.30. The van der Waals surface area contributed by atoms with Gasteiger partial charge < -0.3 is 9.26 Å². The molecular weight excluding hydrogens is 322 g/mol. The third-order valence-electron chi connectivity index (χ3n) is 4.14. The van der Waals surface area contributed by atoms with Crippen molar-refractivity contribution in [2.24, 2.45) is 0 Å². The lowest BCUT2D eigenvalue weighted by molar-refractivity contribution is 0.211. The Hall–Kier alpha value is -2.18. The third-order valence-corrected chi connectivity index (χ3v) is 5.00. The van der Waals surface area contributed by atoms with Crippen LogP contribution in [0.3, 0.4) is 0 Å². The molecule has 0 N–H and O–H groups in total. The lowest BCUT2D eigenvalue weighted by atomic mass is 10.2. The Balaban J connectivity index is 1.49. The molecule has 3 aromatic rings. The number of benzene rings is 1. The summed E-state index contributed by atoms with van der Waals surface area (Å²) in [6.45, 7) is 1.64. The van der Waals surface area contributed by atoms with Crippen LogP contribution >= 0.6 is 11.3 Å². The molecule has 4 rings (SSSR count). The van der Waals surface area contributed by atoms with Crippen LogP contribution in [0.25, 0.3) is 11.4 Å². The van der Waals surface area contributed by atoms with Crippen molar-refractivity contribution in [3.63, 3.8) is 0 Å². The Morgan fingerprint density at radius 1 is 1.25 bits per heavy atom. The molecule has 0 unspecified atom stereocenters. The summed E-state index contributed by atoms with van der Waals surface area (Å²) >= 11 is 1.79. The molecule has 1 aliphatic carbocycles. The van der Waals surface area contributed by atoms with E-state index >= 15 is 0 Å². The molecule has 1 aliphatic rings. The minimum Gasteiger partial charge on any atom is -0.497 e. The van der Waals surface area contributed by atoms with Gasteiger partial charge in [-0.25, -0.2) is 0 Å². The van der Waals surface area contributed by atoms with E-state index in [0.717, 1.165) is 17.9 Å². The number of hydrogen-bond donors (Lipinski definition) is 0. The summed E-state index contributed by atoms with van der Waals surface area (Å²) in [5.41, 5.74) is 0.903. The summed E-state index contributed by atoms with van der Waals surface area (Å²) in [5.74, 6) is 2.06. The number of ether oxygens (including phenoxy) is 1. The maximum atomic E-state index is 5.48. The molecule has 5 nitrogen and oxygen atoms in total. The van der Waals surface area contributed by atoms with Gasteiger partial charge in [0.1, 0.15) is 5.75 Å². The molecule has 24 heavy (non-hydrogen) atoms. The Kier molecular flexibility index (Phi) is 4.32. The van der Waals surface area contributed by atoms with Crippen LogP contribution < -0.4 is 4.74 Å². The van der Waals surface area contributed by atoms with E-state index in [1.54, 1.807) is 18.4 Å². The highest BCUT2D eigenvalue weighted by Crippen LogP contribution is 2.31. The van der Waals surface area contributed by atoms with Gasteiger partial charge in [-0.1, -0.05) is 23.4 Å². The first-order chi connectivity index (χ1) is 11.8. The first kappa shape index (κ1) is 15.4. The molecule has 0 aliphatic heterocycles. The quantitative estimate of drug-likeness (QED) is 0.651. The Morgan fingerprint density at radius 2 is 2.17 bits per heavy atom. The molecule has 0 spiro atoms. The SMILES string of the molecule is COc1cccc(-c2noc(CN(Cc3cccs3)C3CC3)n2)c1. The summed E-state index contributed by atoms with van der Waals surface area (Å²) < 4.78 is 10.7. The van der Waals surface area contributed by atoms with Gasteiger partial charge in [0.25, 0.3) is 0 Å². The van der Waals surface area contributed by atoms with Gasteiger partial charge in [-0.05, 0) is 36.4 Å². The molecule has 2 aromatic heterocycles. The van der Waals surface area contributed by atoms with E-state index in [-0.39, 0.29) is 0 Å². The molecule has 1 fully saturated rings. The molecular formula is C18H19N3O2S. The van der Waals surface area contributed by atoms with E-state index in [9.17, 15) is 0 Å². The van der Waals surface area contributed by atoms with Gasteiger partial charge >= 0.3 is 0 Å². The first-order valence-electron chi connectivity index (χ1n) is 8.05. The fourth-order valence-electron chi connectivity index (χ4n) is 2.73. The van der Waals surface area contributed by atoms with Crippen molar-refractivity contribution in [1.29, 1.82) is 0 Å². The van der Waals surface area contributed by atoms with Crippen molar-refractivity contribution >= 4 is 11.3 Å². The van der Waals surface area contributed by atoms with E-state index in [1.807, 2.05) is 24.3 Å². The van der Waals surface area contributed by atoms with Gasteiger partial charge in [0.2, 0.25) is 11.7 Å². The van der Waals surface area contributed by atoms with Crippen molar-refractivity contribution in [3.05, 3.63) is 52.5 Å². The molecule has 2 heterocycles. The highest BCUT2D eigenvalue weighted by atomic mass is 32.1. The molecule has 0 bridgehead atoms. The number of thiophene rings is 1. The molecule has 6 heteroatoms. The maximum Gasteiger partial charge on any atom is 0.241 e. The van der Waals surface area contributed by atoms with Gasteiger partial charge in [-0.2, -0.15) is 4.98 Å². The van der Waals surface area contributed by atoms with Crippen LogP contribution in [0.1, 0.15) is 23.6 Å². The van der Waals surface area contributed by atoms with E-state index in [2.05, 4.69) is 32.6 Å². The predicted octanol–water partition coefficient (Wildman–Crippen LogP) is 3.97. The fourth-order valence-corrected chi connectivity index (χ4v) is 3.46. The maximum absolute atomic E-state index is 5.48. The van der Waals surface area contributed by atoms with Crippen molar-refractivity contribution in [1.82, 2.24) is 15.0 Å². The summed E-state index contributed by atoms with van der Waals surface area (Å²) in [6.07, 6.45) is 2.50. The fraction of sp³-hybridized carbons (Fsp3) is 0.333. The van der Waals surface area contributed by atoms with E-state index < -0.39 is 0 Å². The second-order valence-electron chi connectivity index (χ2n) is 5.96. The lowest BCUT2D eigenvalue weighted by Crippen LogP contribution is -2.24. The second kappa shape index (κ2) is 6.75. The zero-order valence-corrected chi connectivity index (χ0v) is 14.3.